The lowest BCUT2D eigenvalue weighted by atomic mass is 10.7. The van der Waals surface area contributed by atoms with Gasteiger partial charge < -0.3 is 4.90 Å². The van der Waals surface area contributed by atoms with E-state index in [1.807, 2.05) is 32.7 Å². The summed E-state index contributed by atoms with van der Waals surface area (Å²) in [6.07, 6.45) is 1.83. The largest absolute Gasteiger partial charge is 0.338 e. The van der Waals surface area contributed by atoms with Gasteiger partial charge in [-0.2, -0.15) is 0 Å². The number of aromatic nitrogens is 1. The van der Waals surface area contributed by atoms with Crippen molar-refractivity contribution in [3.05, 3.63) is 11.6 Å². The van der Waals surface area contributed by atoms with Gasteiger partial charge in [-0.05, 0) is 14.1 Å². The van der Waals surface area contributed by atoms with Crippen molar-refractivity contribution in [2.75, 3.05) is 32.7 Å². The summed E-state index contributed by atoms with van der Waals surface area (Å²) in [6, 6.07) is 0. The third-order valence-corrected chi connectivity index (χ3v) is 2.13. The van der Waals surface area contributed by atoms with E-state index >= 15 is 0 Å². The van der Waals surface area contributed by atoms with Gasteiger partial charge in [0.25, 0.3) is 0 Å². The van der Waals surface area contributed by atoms with E-state index in [1.54, 1.807) is 11.3 Å². The van der Waals surface area contributed by atoms with Gasteiger partial charge in [0.15, 0.2) is 5.13 Å². The highest BCUT2D eigenvalue weighted by Crippen LogP contribution is 2.14. The molecular formula is C7H13N3S. The van der Waals surface area contributed by atoms with Crippen LogP contribution < -0.4 is 4.90 Å². The number of hydrogen-bond acceptors (Lipinski definition) is 4. The quantitative estimate of drug-likeness (QED) is 0.635. The number of rotatable bonds is 3. The second-order valence-electron chi connectivity index (χ2n) is 2.73. The molecule has 1 heterocycles. The zero-order valence-electron chi connectivity index (χ0n) is 7.11. The predicted molar refractivity (Wildman–Crippen MR) is 49.1 cm³/mol. The summed E-state index contributed by atoms with van der Waals surface area (Å²) < 4.78 is 0. The summed E-state index contributed by atoms with van der Waals surface area (Å²) in [5.41, 5.74) is 0. The van der Waals surface area contributed by atoms with Gasteiger partial charge in [0.2, 0.25) is 0 Å². The van der Waals surface area contributed by atoms with Crippen molar-refractivity contribution < 1.29 is 0 Å². The lowest BCUT2D eigenvalue weighted by Crippen LogP contribution is -2.29. The van der Waals surface area contributed by atoms with Crippen LogP contribution >= 0.6 is 11.3 Å². The molecular weight excluding hydrogens is 158 g/mol. The Morgan fingerprint density at radius 2 is 2.18 bits per heavy atom. The van der Waals surface area contributed by atoms with Crippen LogP contribution in [0.5, 0.6) is 0 Å². The monoisotopic (exact) mass is 171 g/mol. The van der Waals surface area contributed by atoms with Crippen molar-refractivity contribution in [3.63, 3.8) is 0 Å². The second kappa shape index (κ2) is 3.69. The molecule has 0 aliphatic heterocycles. The van der Waals surface area contributed by atoms with Gasteiger partial charge in [-0.15, -0.1) is 11.3 Å². The molecule has 0 aromatic carbocycles. The molecule has 0 bridgehead atoms. The molecule has 0 N–H and O–H groups in total. The molecule has 3 nitrogen and oxygen atoms in total. The van der Waals surface area contributed by atoms with E-state index in [0.717, 1.165) is 11.8 Å². The first kappa shape index (κ1) is 8.49. The Morgan fingerprint density at radius 1 is 1.45 bits per heavy atom. The van der Waals surface area contributed by atoms with Crippen LogP contribution in [0.2, 0.25) is 0 Å². The van der Waals surface area contributed by atoms with Crippen LogP contribution in [0.15, 0.2) is 11.6 Å². The number of hydrogen-bond donors (Lipinski definition) is 0. The maximum absolute atomic E-state index is 4.19. The van der Waals surface area contributed by atoms with Gasteiger partial charge in [-0.1, -0.05) is 0 Å². The molecule has 0 aliphatic rings. The van der Waals surface area contributed by atoms with Crippen LogP contribution in [0.25, 0.3) is 0 Å². The first-order valence-electron chi connectivity index (χ1n) is 3.45. The molecule has 1 aromatic heterocycles. The summed E-state index contributed by atoms with van der Waals surface area (Å²) in [6.45, 7) is 0.910. The molecule has 0 aliphatic carbocycles. The fourth-order valence-corrected chi connectivity index (χ4v) is 1.49. The van der Waals surface area contributed by atoms with Gasteiger partial charge in [0, 0.05) is 18.6 Å². The molecule has 11 heavy (non-hydrogen) atoms. The van der Waals surface area contributed by atoms with E-state index in [1.165, 1.54) is 0 Å². The Kier molecular flexibility index (Phi) is 2.84. The lowest BCUT2D eigenvalue weighted by molar-refractivity contribution is 0.412. The summed E-state index contributed by atoms with van der Waals surface area (Å²) in [5.74, 6) is 0. The first-order chi connectivity index (χ1) is 5.20. The second-order valence-corrected chi connectivity index (χ2v) is 3.61. The van der Waals surface area contributed by atoms with Gasteiger partial charge in [0.1, 0.15) is 0 Å². The first-order valence-corrected chi connectivity index (χ1v) is 4.33. The fraction of sp³-hybridized carbons (Fsp3) is 0.571. The molecule has 0 spiro atoms. The molecule has 1 rings (SSSR count). The normalized spacial score (nSPS) is 10.5. The topological polar surface area (TPSA) is 19.4 Å². The highest BCUT2D eigenvalue weighted by molar-refractivity contribution is 7.13. The van der Waals surface area contributed by atoms with Gasteiger partial charge in [0.05, 0.1) is 6.67 Å². The van der Waals surface area contributed by atoms with Crippen LogP contribution in [0.1, 0.15) is 0 Å². The highest BCUT2D eigenvalue weighted by Gasteiger charge is 2.02. The van der Waals surface area contributed by atoms with Crippen molar-refractivity contribution in [3.8, 4) is 0 Å². The fourth-order valence-electron chi connectivity index (χ4n) is 0.889. The molecule has 0 fully saturated rings. The van der Waals surface area contributed by atoms with E-state index in [0.29, 0.717) is 0 Å². The average molecular weight is 171 g/mol. The number of nitrogens with zero attached hydrogens (tertiary/aromatic N) is 3. The summed E-state index contributed by atoms with van der Waals surface area (Å²) in [5, 5.41) is 3.06. The Bertz CT molecular complexity index is 195. The van der Waals surface area contributed by atoms with Crippen LogP contribution in [0.4, 0.5) is 5.13 Å². The molecule has 62 valence electrons. The molecule has 0 radical (unpaired) electrons. The van der Waals surface area contributed by atoms with E-state index in [9.17, 15) is 0 Å². The Labute approximate surface area is 71.3 Å². The van der Waals surface area contributed by atoms with Crippen LogP contribution in [0, 0.1) is 0 Å². The number of thiazole rings is 1. The van der Waals surface area contributed by atoms with Crippen molar-refractivity contribution in [1.82, 2.24) is 9.88 Å². The molecule has 4 heteroatoms. The third-order valence-electron chi connectivity index (χ3n) is 1.24. The van der Waals surface area contributed by atoms with Crippen molar-refractivity contribution in [1.29, 1.82) is 0 Å². The minimum atomic E-state index is 0.910. The van der Waals surface area contributed by atoms with Crippen LogP contribution in [-0.4, -0.2) is 37.7 Å². The van der Waals surface area contributed by atoms with Gasteiger partial charge in [-0.25, -0.2) is 4.98 Å². The van der Waals surface area contributed by atoms with E-state index < -0.39 is 0 Å². The Balaban J connectivity index is 2.49. The van der Waals surface area contributed by atoms with Crippen LogP contribution in [-0.2, 0) is 0 Å². The zero-order chi connectivity index (χ0) is 8.27. The maximum Gasteiger partial charge on any atom is 0.186 e. The molecule has 0 amide bonds. The van der Waals surface area contributed by atoms with Crippen molar-refractivity contribution in [2.45, 2.75) is 0 Å². The SMILES string of the molecule is CN(C)CN(C)c1nccs1. The third kappa shape index (κ3) is 2.48. The van der Waals surface area contributed by atoms with Crippen molar-refractivity contribution in [2.24, 2.45) is 0 Å². The van der Waals surface area contributed by atoms with Gasteiger partial charge in [-0.3, -0.25) is 4.90 Å². The molecule has 0 saturated carbocycles. The van der Waals surface area contributed by atoms with E-state index in [4.69, 9.17) is 0 Å². The molecule has 0 saturated heterocycles. The van der Waals surface area contributed by atoms with Crippen molar-refractivity contribution >= 4 is 16.5 Å². The summed E-state index contributed by atoms with van der Waals surface area (Å²) in [4.78, 5) is 8.42. The minimum absolute atomic E-state index is 0.910. The Morgan fingerprint density at radius 3 is 2.64 bits per heavy atom. The lowest BCUT2D eigenvalue weighted by Gasteiger charge is -2.19. The highest BCUT2D eigenvalue weighted by atomic mass is 32.1. The predicted octanol–water partition coefficient (Wildman–Crippen LogP) is 1.10. The van der Waals surface area contributed by atoms with E-state index in [-0.39, 0.29) is 0 Å². The summed E-state index contributed by atoms with van der Waals surface area (Å²) >= 11 is 1.66. The maximum atomic E-state index is 4.19. The summed E-state index contributed by atoms with van der Waals surface area (Å²) in [7, 11) is 6.13. The average Bonchev–Trinajstić information content (AvgIpc) is 2.35. The zero-order valence-corrected chi connectivity index (χ0v) is 7.93. The Hall–Kier alpha value is -0.610. The number of anilines is 1. The van der Waals surface area contributed by atoms with Gasteiger partial charge >= 0.3 is 0 Å². The van der Waals surface area contributed by atoms with Crippen LogP contribution in [0.3, 0.4) is 0 Å². The molecule has 1 aromatic rings. The van der Waals surface area contributed by atoms with E-state index in [2.05, 4.69) is 14.8 Å². The minimum Gasteiger partial charge on any atom is -0.338 e. The standard InChI is InChI=1S/C7H13N3S/c1-9(2)6-10(3)7-8-4-5-11-7/h4-5H,6H2,1-3H3. The smallest absolute Gasteiger partial charge is 0.186 e. The molecule has 0 atom stereocenters. The molecule has 0 unspecified atom stereocenters.